The molecule has 20 heavy (non-hydrogen) atoms. The van der Waals surface area contributed by atoms with Crippen LogP contribution in [0.4, 0.5) is 15.8 Å². The summed E-state index contributed by atoms with van der Waals surface area (Å²) in [6.07, 6.45) is 2.13. The first-order chi connectivity index (χ1) is 9.37. The molecule has 1 aromatic carbocycles. The highest BCUT2D eigenvalue weighted by atomic mass is 19.1. The average molecular weight is 276 g/mol. The standard InChI is InChI=1S/C15H17FN2O2/c1-15(2)4-3-5-18(8-15)12-7-11-9(6-10(12)16)13(19)14(20)17-11/h6-7H,3-5,8H2,1-2H3,(H,17,19,20). The predicted octanol–water partition coefficient (Wildman–Crippen LogP) is 2.59. The van der Waals surface area contributed by atoms with Gasteiger partial charge in [0, 0.05) is 13.1 Å². The number of carbonyl (C=O) groups is 2. The number of fused-ring (bicyclic) bond motifs is 1. The van der Waals surface area contributed by atoms with Gasteiger partial charge >= 0.3 is 0 Å². The maximum Gasteiger partial charge on any atom is 0.296 e. The predicted molar refractivity (Wildman–Crippen MR) is 74.6 cm³/mol. The second-order valence-electron chi connectivity index (χ2n) is 6.32. The lowest BCUT2D eigenvalue weighted by Crippen LogP contribution is -2.40. The van der Waals surface area contributed by atoms with Crippen molar-refractivity contribution in [2.75, 3.05) is 23.3 Å². The van der Waals surface area contributed by atoms with Crippen LogP contribution >= 0.6 is 0 Å². The summed E-state index contributed by atoms with van der Waals surface area (Å²) < 4.78 is 14.2. The fourth-order valence-corrected chi connectivity index (χ4v) is 3.03. The van der Waals surface area contributed by atoms with Crippen LogP contribution in [-0.4, -0.2) is 24.8 Å². The number of rotatable bonds is 1. The highest BCUT2D eigenvalue weighted by Crippen LogP contribution is 2.36. The minimum Gasteiger partial charge on any atom is -0.369 e. The van der Waals surface area contributed by atoms with Gasteiger partial charge in [0.2, 0.25) is 0 Å². The number of hydrogen-bond donors (Lipinski definition) is 1. The maximum absolute atomic E-state index is 14.2. The fraction of sp³-hybridized carbons (Fsp3) is 0.467. The second kappa shape index (κ2) is 4.30. The first kappa shape index (κ1) is 13.1. The van der Waals surface area contributed by atoms with Crippen LogP contribution in [0.1, 0.15) is 37.0 Å². The van der Waals surface area contributed by atoms with E-state index < -0.39 is 17.5 Å². The van der Waals surface area contributed by atoms with Crippen molar-refractivity contribution >= 4 is 23.1 Å². The van der Waals surface area contributed by atoms with Crippen molar-refractivity contribution in [3.8, 4) is 0 Å². The molecule has 2 aliphatic rings. The van der Waals surface area contributed by atoms with E-state index in [9.17, 15) is 14.0 Å². The van der Waals surface area contributed by atoms with Crippen molar-refractivity contribution in [1.82, 2.24) is 0 Å². The zero-order valence-corrected chi connectivity index (χ0v) is 11.6. The number of carbonyl (C=O) groups excluding carboxylic acids is 2. The van der Waals surface area contributed by atoms with Crippen molar-refractivity contribution < 1.29 is 14.0 Å². The topological polar surface area (TPSA) is 49.4 Å². The van der Waals surface area contributed by atoms with Gasteiger partial charge in [-0.05, 0) is 30.4 Å². The van der Waals surface area contributed by atoms with Crippen LogP contribution in [0.15, 0.2) is 12.1 Å². The molecule has 0 aliphatic carbocycles. The summed E-state index contributed by atoms with van der Waals surface area (Å²) >= 11 is 0. The van der Waals surface area contributed by atoms with Crippen molar-refractivity contribution in [2.45, 2.75) is 26.7 Å². The lowest BCUT2D eigenvalue weighted by atomic mass is 9.84. The highest BCUT2D eigenvalue weighted by Gasteiger charge is 2.32. The van der Waals surface area contributed by atoms with Crippen LogP contribution in [0.25, 0.3) is 0 Å². The molecule has 0 aromatic heterocycles. The third-order valence-electron chi connectivity index (χ3n) is 4.03. The molecule has 0 saturated carbocycles. The Morgan fingerprint density at radius 3 is 2.75 bits per heavy atom. The van der Waals surface area contributed by atoms with E-state index in [1.165, 1.54) is 6.07 Å². The number of amides is 1. The Bertz CT molecular complexity index is 610. The molecular formula is C15H17FN2O2. The van der Waals surface area contributed by atoms with Crippen molar-refractivity contribution in [1.29, 1.82) is 0 Å². The number of Topliss-reactive ketones (excluding diaryl/α,β-unsaturated/α-hetero) is 1. The number of piperidine rings is 1. The molecule has 2 aliphatic heterocycles. The average Bonchev–Trinajstić information content (AvgIpc) is 2.63. The third-order valence-corrected chi connectivity index (χ3v) is 4.03. The quantitative estimate of drug-likeness (QED) is 0.802. The Hall–Kier alpha value is -1.91. The summed E-state index contributed by atoms with van der Waals surface area (Å²) in [6, 6.07) is 2.75. The molecule has 3 rings (SSSR count). The molecule has 0 unspecified atom stereocenters. The molecule has 1 N–H and O–H groups in total. The highest BCUT2D eigenvalue weighted by molar-refractivity contribution is 6.51. The van der Waals surface area contributed by atoms with Gasteiger partial charge in [-0.1, -0.05) is 13.8 Å². The lowest BCUT2D eigenvalue weighted by Gasteiger charge is -2.39. The van der Waals surface area contributed by atoms with E-state index in [0.717, 1.165) is 25.9 Å². The molecule has 2 heterocycles. The van der Waals surface area contributed by atoms with E-state index in [2.05, 4.69) is 19.2 Å². The van der Waals surface area contributed by atoms with Gasteiger partial charge < -0.3 is 10.2 Å². The van der Waals surface area contributed by atoms with Crippen molar-refractivity contribution in [2.24, 2.45) is 5.41 Å². The Morgan fingerprint density at radius 2 is 2.05 bits per heavy atom. The van der Waals surface area contributed by atoms with Gasteiger partial charge in [-0.15, -0.1) is 0 Å². The first-order valence-corrected chi connectivity index (χ1v) is 6.82. The molecule has 4 nitrogen and oxygen atoms in total. The SMILES string of the molecule is CC1(C)CCCN(c2cc3c(cc2F)C(=O)C(=O)N3)C1. The lowest BCUT2D eigenvalue weighted by molar-refractivity contribution is -0.112. The minimum atomic E-state index is -0.685. The van der Waals surface area contributed by atoms with Crippen LogP contribution in [0.5, 0.6) is 0 Å². The van der Waals surface area contributed by atoms with E-state index in [1.54, 1.807) is 6.07 Å². The Kier molecular flexibility index (Phi) is 2.81. The van der Waals surface area contributed by atoms with Gasteiger partial charge in [0.05, 0.1) is 16.9 Å². The van der Waals surface area contributed by atoms with Crippen LogP contribution in [0, 0.1) is 11.2 Å². The van der Waals surface area contributed by atoms with Crippen molar-refractivity contribution in [3.63, 3.8) is 0 Å². The summed E-state index contributed by atoms with van der Waals surface area (Å²) in [7, 11) is 0. The van der Waals surface area contributed by atoms with E-state index in [1.807, 2.05) is 4.90 Å². The molecule has 0 spiro atoms. The Labute approximate surface area is 117 Å². The number of hydrogen-bond acceptors (Lipinski definition) is 3. The van der Waals surface area contributed by atoms with Crippen LogP contribution < -0.4 is 10.2 Å². The molecule has 0 atom stereocenters. The molecule has 5 heteroatoms. The largest absolute Gasteiger partial charge is 0.369 e. The van der Waals surface area contributed by atoms with E-state index >= 15 is 0 Å². The summed E-state index contributed by atoms with van der Waals surface area (Å²) in [5.41, 5.74) is 1.15. The van der Waals surface area contributed by atoms with Gasteiger partial charge in [0.25, 0.3) is 11.7 Å². The van der Waals surface area contributed by atoms with Gasteiger partial charge in [-0.3, -0.25) is 9.59 Å². The minimum absolute atomic E-state index is 0.132. The number of benzene rings is 1. The molecule has 0 radical (unpaired) electrons. The normalized spacial score (nSPS) is 20.9. The first-order valence-electron chi connectivity index (χ1n) is 6.82. The van der Waals surface area contributed by atoms with E-state index in [-0.39, 0.29) is 11.0 Å². The summed E-state index contributed by atoms with van der Waals surface area (Å²) in [6.45, 7) is 5.89. The summed E-state index contributed by atoms with van der Waals surface area (Å²) in [4.78, 5) is 24.9. The van der Waals surface area contributed by atoms with Gasteiger partial charge in [0.15, 0.2) is 0 Å². The number of ketones is 1. The molecule has 1 aromatic rings. The fourth-order valence-electron chi connectivity index (χ4n) is 3.03. The molecule has 0 bridgehead atoms. The summed E-state index contributed by atoms with van der Waals surface area (Å²) in [5.74, 6) is -1.79. The molecule has 1 amide bonds. The number of anilines is 2. The van der Waals surface area contributed by atoms with Gasteiger partial charge in [-0.25, -0.2) is 4.39 Å². The maximum atomic E-state index is 14.2. The van der Waals surface area contributed by atoms with Crippen molar-refractivity contribution in [3.05, 3.63) is 23.5 Å². The Morgan fingerprint density at radius 1 is 1.30 bits per heavy atom. The smallest absolute Gasteiger partial charge is 0.296 e. The van der Waals surface area contributed by atoms with Crippen LogP contribution in [0.2, 0.25) is 0 Å². The number of nitrogens with one attached hydrogen (secondary N) is 1. The summed E-state index contributed by atoms with van der Waals surface area (Å²) in [5, 5.41) is 2.49. The van der Waals surface area contributed by atoms with Crippen LogP contribution in [-0.2, 0) is 4.79 Å². The third kappa shape index (κ3) is 2.07. The van der Waals surface area contributed by atoms with Gasteiger partial charge in [0.1, 0.15) is 5.82 Å². The van der Waals surface area contributed by atoms with E-state index in [4.69, 9.17) is 0 Å². The molecular weight excluding hydrogens is 259 g/mol. The van der Waals surface area contributed by atoms with Crippen LogP contribution in [0.3, 0.4) is 0 Å². The zero-order valence-electron chi connectivity index (χ0n) is 11.6. The molecule has 106 valence electrons. The number of nitrogens with zero attached hydrogens (tertiary/aromatic N) is 1. The Balaban J connectivity index is 1.98. The molecule has 1 fully saturated rings. The monoisotopic (exact) mass is 276 g/mol. The zero-order chi connectivity index (χ0) is 14.5. The molecule has 1 saturated heterocycles. The van der Waals surface area contributed by atoms with E-state index in [0.29, 0.717) is 11.4 Å². The van der Waals surface area contributed by atoms with Gasteiger partial charge in [-0.2, -0.15) is 0 Å². The number of halogens is 1. The second-order valence-corrected chi connectivity index (χ2v) is 6.32.